The monoisotopic (exact) mass is 369 g/mol. The summed E-state index contributed by atoms with van der Waals surface area (Å²) in [6, 6.07) is 4.17. The molecule has 0 atom stereocenters. The summed E-state index contributed by atoms with van der Waals surface area (Å²) in [4.78, 5) is 20.3. The van der Waals surface area contributed by atoms with Crippen LogP contribution >= 0.6 is 0 Å². The molecule has 4 heterocycles. The van der Waals surface area contributed by atoms with Crippen LogP contribution in [-0.4, -0.2) is 81.7 Å². The highest BCUT2D eigenvalue weighted by Crippen LogP contribution is 2.30. The molecule has 0 aromatic carbocycles. The third-order valence-electron chi connectivity index (χ3n) is 4.78. The molecule has 27 heavy (non-hydrogen) atoms. The van der Waals surface area contributed by atoms with Gasteiger partial charge in [0.15, 0.2) is 5.65 Å². The van der Waals surface area contributed by atoms with E-state index >= 15 is 0 Å². The van der Waals surface area contributed by atoms with E-state index < -0.39 is 0 Å². The van der Waals surface area contributed by atoms with Crippen molar-refractivity contribution in [1.82, 2.24) is 15.0 Å². The first-order valence-electron chi connectivity index (χ1n) is 9.13. The van der Waals surface area contributed by atoms with Crippen LogP contribution in [0.1, 0.15) is 5.56 Å². The summed E-state index contributed by atoms with van der Waals surface area (Å²) in [5.74, 6) is 2.09. The second-order valence-electron chi connectivity index (χ2n) is 6.78. The molecule has 0 bridgehead atoms. The lowest BCUT2D eigenvalue weighted by molar-refractivity contribution is 0.122. The number of morpholine rings is 2. The van der Waals surface area contributed by atoms with E-state index in [9.17, 15) is 5.26 Å². The molecule has 0 aliphatic carbocycles. The van der Waals surface area contributed by atoms with Crippen molar-refractivity contribution in [3.63, 3.8) is 0 Å². The summed E-state index contributed by atoms with van der Waals surface area (Å²) in [5.41, 5.74) is 1.15. The van der Waals surface area contributed by atoms with Gasteiger partial charge < -0.3 is 24.2 Å². The third kappa shape index (κ3) is 3.46. The van der Waals surface area contributed by atoms with Gasteiger partial charge in [-0.3, -0.25) is 0 Å². The standard InChI is InChI=1S/C18H23N7O2/c1-23(2)18-21-15-14(17(22-18)25-5-9-27-10-6-25)11-13(12-19)16(20-15)24-3-7-26-8-4-24/h11H,3-10H2,1-2H3. The summed E-state index contributed by atoms with van der Waals surface area (Å²) in [7, 11) is 3.83. The maximum absolute atomic E-state index is 9.72. The van der Waals surface area contributed by atoms with Gasteiger partial charge in [0.05, 0.1) is 37.4 Å². The van der Waals surface area contributed by atoms with Crippen molar-refractivity contribution < 1.29 is 9.47 Å². The number of hydrogen-bond donors (Lipinski definition) is 0. The van der Waals surface area contributed by atoms with Crippen LogP contribution in [0, 0.1) is 11.3 Å². The zero-order valence-corrected chi connectivity index (χ0v) is 15.7. The van der Waals surface area contributed by atoms with Crippen molar-refractivity contribution in [2.75, 3.05) is 81.4 Å². The van der Waals surface area contributed by atoms with E-state index in [4.69, 9.17) is 19.4 Å². The van der Waals surface area contributed by atoms with Crippen molar-refractivity contribution in [1.29, 1.82) is 5.26 Å². The smallest absolute Gasteiger partial charge is 0.228 e. The molecule has 0 radical (unpaired) electrons. The van der Waals surface area contributed by atoms with Crippen LogP contribution in [0.3, 0.4) is 0 Å². The summed E-state index contributed by atoms with van der Waals surface area (Å²) in [6.07, 6.45) is 0. The average Bonchev–Trinajstić information content (AvgIpc) is 2.73. The highest BCUT2D eigenvalue weighted by atomic mass is 16.5. The number of nitrogens with zero attached hydrogens (tertiary/aromatic N) is 7. The van der Waals surface area contributed by atoms with Gasteiger partial charge >= 0.3 is 0 Å². The van der Waals surface area contributed by atoms with E-state index in [1.807, 2.05) is 25.1 Å². The number of aromatic nitrogens is 3. The molecule has 2 aromatic heterocycles. The minimum atomic E-state index is 0.542. The molecule has 2 aliphatic rings. The van der Waals surface area contributed by atoms with Gasteiger partial charge in [-0.05, 0) is 6.07 Å². The maximum atomic E-state index is 9.72. The highest BCUT2D eigenvalue weighted by molar-refractivity contribution is 5.91. The zero-order chi connectivity index (χ0) is 18.8. The molecule has 2 saturated heterocycles. The Morgan fingerprint density at radius 3 is 2.07 bits per heavy atom. The Balaban J connectivity index is 1.87. The Labute approximate surface area is 158 Å². The summed E-state index contributed by atoms with van der Waals surface area (Å²) >= 11 is 0. The molecule has 2 aromatic rings. The Morgan fingerprint density at radius 2 is 1.52 bits per heavy atom. The van der Waals surface area contributed by atoms with E-state index in [0.717, 1.165) is 37.4 Å². The van der Waals surface area contributed by atoms with Gasteiger partial charge in [-0.1, -0.05) is 0 Å². The molecule has 4 rings (SSSR count). The number of ether oxygens (including phenoxy) is 2. The van der Waals surface area contributed by atoms with Crippen molar-refractivity contribution in [3.8, 4) is 6.07 Å². The first kappa shape index (κ1) is 17.7. The van der Waals surface area contributed by atoms with Gasteiger partial charge in [0.1, 0.15) is 17.7 Å². The molecule has 142 valence electrons. The zero-order valence-electron chi connectivity index (χ0n) is 15.7. The Morgan fingerprint density at radius 1 is 0.926 bits per heavy atom. The fraction of sp³-hybridized carbons (Fsp3) is 0.556. The third-order valence-corrected chi connectivity index (χ3v) is 4.78. The lowest BCUT2D eigenvalue weighted by Crippen LogP contribution is -2.38. The predicted octanol–water partition coefficient (Wildman–Crippen LogP) is 0.636. The second kappa shape index (κ2) is 7.50. The Hall–Kier alpha value is -2.70. The number of rotatable bonds is 3. The average molecular weight is 369 g/mol. The van der Waals surface area contributed by atoms with Crippen molar-refractivity contribution in [3.05, 3.63) is 11.6 Å². The van der Waals surface area contributed by atoms with Crippen LogP contribution in [-0.2, 0) is 9.47 Å². The fourth-order valence-electron chi connectivity index (χ4n) is 3.33. The molecule has 2 fully saturated rings. The van der Waals surface area contributed by atoms with E-state index in [1.54, 1.807) is 0 Å². The van der Waals surface area contributed by atoms with Crippen LogP contribution < -0.4 is 14.7 Å². The van der Waals surface area contributed by atoms with E-state index in [1.165, 1.54) is 0 Å². The lowest BCUT2D eigenvalue weighted by atomic mass is 10.2. The van der Waals surface area contributed by atoms with Gasteiger partial charge in [0.2, 0.25) is 5.95 Å². The highest BCUT2D eigenvalue weighted by Gasteiger charge is 2.23. The molecule has 0 N–H and O–H groups in total. The van der Waals surface area contributed by atoms with Crippen molar-refractivity contribution >= 4 is 28.6 Å². The van der Waals surface area contributed by atoms with Crippen molar-refractivity contribution in [2.45, 2.75) is 0 Å². The summed E-state index contributed by atoms with van der Waals surface area (Å²) in [6.45, 7) is 5.54. The van der Waals surface area contributed by atoms with Crippen molar-refractivity contribution in [2.24, 2.45) is 0 Å². The minimum Gasteiger partial charge on any atom is -0.378 e. The molecule has 0 spiro atoms. The van der Waals surface area contributed by atoms with Crippen LogP contribution in [0.4, 0.5) is 17.6 Å². The second-order valence-corrected chi connectivity index (χ2v) is 6.78. The number of pyridine rings is 1. The largest absolute Gasteiger partial charge is 0.378 e. The van der Waals surface area contributed by atoms with Gasteiger partial charge in [0.25, 0.3) is 0 Å². The Bertz CT molecular complexity index is 868. The van der Waals surface area contributed by atoms with E-state index in [-0.39, 0.29) is 0 Å². The first-order chi connectivity index (χ1) is 13.2. The summed E-state index contributed by atoms with van der Waals surface area (Å²) < 4.78 is 10.9. The van der Waals surface area contributed by atoms with Crippen LogP contribution in [0.25, 0.3) is 11.0 Å². The fourth-order valence-corrected chi connectivity index (χ4v) is 3.33. The molecular weight excluding hydrogens is 346 g/mol. The number of fused-ring (bicyclic) bond motifs is 1. The van der Waals surface area contributed by atoms with Crippen LogP contribution in [0.15, 0.2) is 6.07 Å². The van der Waals surface area contributed by atoms with Crippen LogP contribution in [0.5, 0.6) is 0 Å². The van der Waals surface area contributed by atoms with E-state index in [0.29, 0.717) is 49.4 Å². The van der Waals surface area contributed by atoms with Gasteiger partial charge in [-0.15, -0.1) is 0 Å². The first-order valence-corrected chi connectivity index (χ1v) is 9.13. The normalized spacial score (nSPS) is 17.8. The molecule has 0 unspecified atom stereocenters. The number of anilines is 3. The SMILES string of the molecule is CN(C)c1nc(N2CCOCC2)c2cc(C#N)c(N3CCOCC3)nc2n1. The Kier molecular flexibility index (Phi) is 4.92. The minimum absolute atomic E-state index is 0.542. The van der Waals surface area contributed by atoms with Crippen LogP contribution in [0.2, 0.25) is 0 Å². The molecule has 9 nitrogen and oxygen atoms in total. The lowest BCUT2D eigenvalue weighted by Gasteiger charge is -2.30. The molecule has 0 amide bonds. The maximum Gasteiger partial charge on any atom is 0.228 e. The predicted molar refractivity (Wildman–Crippen MR) is 102 cm³/mol. The van der Waals surface area contributed by atoms with Gasteiger partial charge in [0, 0.05) is 40.3 Å². The van der Waals surface area contributed by atoms with Gasteiger partial charge in [-0.25, -0.2) is 4.98 Å². The molecule has 0 saturated carbocycles. The topological polar surface area (TPSA) is 90.6 Å². The number of nitriles is 1. The van der Waals surface area contributed by atoms with Gasteiger partial charge in [-0.2, -0.15) is 15.2 Å². The van der Waals surface area contributed by atoms with E-state index in [2.05, 4.69) is 20.9 Å². The molecular formula is C18H23N7O2. The molecule has 2 aliphatic heterocycles. The summed E-state index contributed by atoms with van der Waals surface area (Å²) in [5, 5.41) is 10.5. The number of hydrogen-bond acceptors (Lipinski definition) is 9. The molecule has 9 heteroatoms. The quantitative estimate of drug-likeness (QED) is 0.773.